The number of carbonyl (C=O) groups is 2. The van der Waals surface area contributed by atoms with Crippen LogP contribution in [-0.2, 0) is 35.5 Å². The summed E-state index contributed by atoms with van der Waals surface area (Å²) in [6.07, 6.45) is 5.87. The van der Waals surface area contributed by atoms with Crippen molar-refractivity contribution in [3.8, 4) is 0 Å². The maximum absolute atomic E-state index is 14.9. The number of hydrogen-bond acceptors (Lipinski definition) is 6. The smallest absolute Gasteiger partial charge is 0.411 e. The first kappa shape index (κ1) is 34.6. The number of aryl methyl sites for hydroxylation is 5. The SMILES string of the molecule is Cc1cn(CCCN(Cc2ccccc2)C(=O)[C@H]2CN([C@H]3c4ccc(Cl)cc4CCc4cccnc43)CCN2C(=O)OC(C)(C)C)c(C)n1. The van der Waals surface area contributed by atoms with E-state index in [0.29, 0.717) is 37.7 Å². The van der Waals surface area contributed by atoms with Gasteiger partial charge in [-0.15, -0.1) is 0 Å². The molecule has 9 nitrogen and oxygen atoms in total. The molecular weight excluding hydrogens is 636 g/mol. The Morgan fingerprint density at radius 2 is 1.78 bits per heavy atom. The zero-order chi connectivity index (χ0) is 34.7. The van der Waals surface area contributed by atoms with Crippen LogP contribution in [0.2, 0.25) is 5.02 Å². The van der Waals surface area contributed by atoms with Crippen molar-refractivity contribution < 1.29 is 14.3 Å². The van der Waals surface area contributed by atoms with Crippen LogP contribution in [0.4, 0.5) is 4.79 Å². The summed E-state index contributed by atoms with van der Waals surface area (Å²) < 4.78 is 8.03. The fourth-order valence-electron chi connectivity index (χ4n) is 7.15. The van der Waals surface area contributed by atoms with Crippen LogP contribution in [0, 0.1) is 13.8 Å². The van der Waals surface area contributed by atoms with Crippen LogP contribution in [0.25, 0.3) is 0 Å². The fraction of sp³-hybridized carbons (Fsp3) is 0.436. The van der Waals surface area contributed by atoms with E-state index >= 15 is 0 Å². The van der Waals surface area contributed by atoms with Crippen molar-refractivity contribution in [3.63, 3.8) is 0 Å². The van der Waals surface area contributed by atoms with Gasteiger partial charge in [0, 0.05) is 56.7 Å². The van der Waals surface area contributed by atoms with Gasteiger partial charge in [0.15, 0.2) is 0 Å². The number of halogens is 1. The van der Waals surface area contributed by atoms with Crippen LogP contribution in [0.3, 0.4) is 0 Å². The Hall–Kier alpha value is -4.21. The Bertz CT molecular complexity index is 1780. The summed E-state index contributed by atoms with van der Waals surface area (Å²) in [6, 6.07) is 19.3. The van der Waals surface area contributed by atoms with E-state index in [0.717, 1.165) is 54.1 Å². The van der Waals surface area contributed by atoms with Gasteiger partial charge >= 0.3 is 6.09 Å². The Kier molecular flexibility index (Phi) is 10.4. The lowest BCUT2D eigenvalue weighted by Gasteiger charge is -2.45. The van der Waals surface area contributed by atoms with Crippen molar-refractivity contribution in [2.45, 2.75) is 84.7 Å². The molecular formula is C39H47ClN6O3. The predicted molar refractivity (Wildman–Crippen MR) is 191 cm³/mol. The highest BCUT2D eigenvalue weighted by Gasteiger charge is 2.43. The first-order valence-electron chi connectivity index (χ1n) is 17.3. The van der Waals surface area contributed by atoms with Crippen molar-refractivity contribution >= 4 is 23.6 Å². The maximum atomic E-state index is 14.9. The molecule has 2 amide bonds. The lowest BCUT2D eigenvalue weighted by molar-refractivity contribution is -0.140. The Morgan fingerprint density at radius 3 is 2.51 bits per heavy atom. The highest BCUT2D eigenvalue weighted by atomic mass is 35.5. The van der Waals surface area contributed by atoms with E-state index in [1.165, 1.54) is 11.1 Å². The number of aromatic nitrogens is 3. The highest BCUT2D eigenvalue weighted by Crippen LogP contribution is 2.38. The average Bonchev–Trinajstić information content (AvgIpc) is 3.30. The minimum absolute atomic E-state index is 0.0934. The maximum Gasteiger partial charge on any atom is 0.411 e. The number of benzene rings is 2. The summed E-state index contributed by atoms with van der Waals surface area (Å²) >= 11 is 6.50. The van der Waals surface area contributed by atoms with E-state index in [9.17, 15) is 9.59 Å². The second-order valence-corrected chi connectivity index (χ2v) is 14.6. The lowest BCUT2D eigenvalue weighted by Crippen LogP contribution is -2.62. The molecule has 49 heavy (non-hydrogen) atoms. The Morgan fingerprint density at radius 1 is 1.00 bits per heavy atom. The van der Waals surface area contributed by atoms with Crippen molar-refractivity contribution in [1.82, 2.24) is 29.2 Å². The van der Waals surface area contributed by atoms with E-state index < -0.39 is 17.7 Å². The largest absolute Gasteiger partial charge is 0.444 e. The van der Waals surface area contributed by atoms with Crippen LogP contribution >= 0.6 is 11.6 Å². The van der Waals surface area contributed by atoms with Gasteiger partial charge in [0.1, 0.15) is 17.5 Å². The first-order valence-corrected chi connectivity index (χ1v) is 17.6. The van der Waals surface area contributed by atoms with Gasteiger partial charge in [-0.25, -0.2) is 9.78 Å². The van der Waals surface area contributed by atoms with Crippen LogP contribution in [-0.4, -0.2) is 79.1 Å². The number of carbonyl (C=O) groups excluding carboxylic acids is 2. The van der Waals surface area contributed by atoms with Gasteiger partial charge in [-0.2, -0.15) is 0 Å². The Labute approximate surface area is 294 Å². The zero-order valence-corrected chi connectivity index (χ0v) is 30.0. The molecule has 10 heteroatoms. The number of ether oxygens (including phenoxy) is 1. The normalized spacial score (nSPS) is 18.0. The molecule has 1 aliphatic carbocycles. The summed E-state index contributed by atoms with van der Waals surface area (Å²) in [6.45, 7) is 12.5. The molecule has 2 aromatic heterocycles. The van der Waals surface area contributed by atoms with Gasteiger partial charge in [0.2, 0.25) is 5.91 Å². The molecule has 1 saturated heterocycles. The summed E-state index contributed by atoms with van der Waals surface area (Å²) in [5.74, 6) is 0.862. The monoisotopic (exact) mass is 682 g/mol. The first-order chi connectivity index (χ1) is 23.5. The number of pyridine rings is 1. The van der Waals surface area contributed by atoms with Gasteiger partial charge in [-0.1, -0.05) is 54.1 Å². The molecule has 0 N–H and O–H groups in total. The third kappa shape index (κ3) is 8.16. The molecule has 0 radical (unpaired) electrons. The molecule has 2 aliphatic rings. The van der Waals surface area contributed by atoms with Crippen molar-refractivity contribution in [2.75, 3.05) is 26.2 Å². The average molecular weight is 683 g/mol. The molecule has 258 valence electrons. The van der Waals surface area contributed by atoms with Crippen molar-refractivity contribution in [1.29, 1.82) is 0 Å². The van der Waals surface area contributed by atoms with Crippen LogP contribution in [0.5, 0.6) is 0 Å². The third-order valence-electron chi connectivity index (χ3n) is 9.39. The molecule has 1 fully saturated rings. The van der Waals surface area contributed by atoms with Gasteiger partial charge in [-0.05, 0) is 94.3 Å². The summed E-state index contributed by atoms with van der Waals surface area (Å²) in [7, 11) is 0. The van der Waals surface area contributed by atoms with Gasteiger partial charge < -0.3 is 14.2 Å². The minimum Gasteiger partial charge on any atom is -0.444 e. The summed E-state index contributed by atoms with van der Waals surface area (Å²) in [5, 5.41) is 0.705. The molecule has 1 aliphatic heterocycles. The van der Waals surface area contributed by atoms with Gasteiger partial charge in [-0.3, -0.25) is 19.6 Å². The van der Waals surface area contributed by atoms with Crippen molar-refractivity contribution in [2.24, 2.45) is 0 Å². The van der Waals surface area contributed by atoms with E-state index in [-0.39, 0.29) is 11.9 Å². The van der Waals surface area contributed by atoms with E-state index in [1.54, 1.807) is 4.90 Å². The quantitative estimate of drug-likeness (QED) is 0.204. The van der Waals surface area contributed by atoms with Crippen molar-refractivity contribution in [3.05, 3.63) is 118 Å². The minimum atomic E-state index is -0.754. The number of piperazine rings is 1. The molecule has 3 heterocycles. The number of rotatable bonds is 8. The number of hydrogen-bond donors (Lipinski definition) is 0. The van der Waals surface area contributed by atoms with Gasteiger partial charge in [0.05, 0.1) is 17.4 Å². The molecule has 2 aromatic carbocycles. The van der Waals surface area contributed by atoms with E-state index in [2.05, 4.69) is 32.7 Å². The van der Waals surface area contributed by atoms with Gasteiger partial charge in [0.25, 0.3) is 0 Å². The Balaban J connectivity index is 1.34. The standard InChI is InChI=1S/C39H47ClN6O3/c1-27-24-43(28(2)42-27)19-10-20-45(25-29-11-7-6-8-12-29)37(47)34-26-44(21-22-46(34)38(48)49-39(3,4)5)36-33-17-16-32(40)23-31(33)15-14-30-13-9-18-41-35(30)36/h6-9,11-13,16-18,23-24,34,36H,10,14-15,19-22,25-26H2,1-5H3/t34-,36+/m1/s1. The summed E-state index contributed by atoms with van der Waals surface area (Å²) in [4.78, 5) is 44.1. The topological polar surface area (TPSA) is 83.8 Å². The molecule has 6 rings (SSSR count). The zero-order valence-electron chi connectivity index (χ0n) is 29.2. The number of amides is 2. The second-order valence-electron chi connectivity index (χ2n) is 14.2. The molecule has 0 unspecified atom stereocenters. The molecule has 0 spiro atoms. The van der Waals surface area contributed by atoms with Crippen LogP contribution in [0.15, 0.2) is 73.1 Å². The lowest BCUT2D eigenvalue weighted by atomic mass is 9.95. The molecule has 0 saturated carbocycles. The number of fused-ring (bicyclic) bond motifs is 2. The third-order valence-corrected chi connectivity index (χ3v) is 9.62. The predicted octanol–water partition coefficient (Wildman–Crippen LogP) is 6.78. The summed E-state index contributed by atoms with van der Waals surface area (Å²) in [5.41, 5.74) is 5.82. The second kappa shape index (κ2) is 14.7. The molecule has 4 aromatic rings. The van der Waals surface area contributed by atoms with E-state index in [4.69, 9.17) is 21.3 Å². The molecule has 2 atom stereocenters. The molecule has 0 bridgehead atoms. The van der Waals surface area contributed by atoms with Crippen LogP contribution < -0.4 is 0 Å². The highest BCUT2D eigenvalue weighted by molar-refractivity contribution is 6.30. The van der Waals surface area contributed by atoms with Crippen LogP contribution in [0.1, 0.15) is 72.7 Å². The van der Waals surface area contributed by atoms with E-state index in [1.807, 2.05) is 94.4 Å². The number of imidazole rings is 1. The number of nitrogens with zero attached hydrogens (tertiary/aromatic N) is 6. The fourth-order valence-corrected chi connectivity index (χ4v) is 7.34.